The third-order valence-corrected chi connectivity index (χ3v) is 3.81. The Labute approximate surface area is 121 Å². The highest BCUT2D eigenvalue weighted by Crippen LogP contribution is 2.13. The summed E-state index contributed by atoms with van der Waals surface area (Å²) in [5.41, 5.74) is 1.50. The van der Waals surface area contributed by atoms with Crippen LogP contribution < -0.4 is 5.32 Å². The van der Waals surface area contributed by atoms with E-state index in [4.69, 9.17) is 0 Å². The molecule has 1 fully saturated rings. The maximum absolute atomic E-state index is 12.5. The van der Waals surface area contributed by atoms with Gasteiger partial charge in [0, 0.05) is 44.1 Å². The van der Waals surface area contributed by atoms with E-state index in [0.29, 0.717) is 11.7 Å². The van der Waals surface area contributed by atoms with Crippen molar-refractivity contribution < 1.29 is 4.79 Å². The molecule has 110 valence electrons. The summed E-state index contributed by atoms with van der Waals surface area (Å²) in [6.07, 6.45) is 2.76. The number of carbonyl (C=O) groups is 1. The number of anilines is 1. The molecule has 1 amide bonds. The predicted molar refractivity (Wildman–Crippen MR) is 81.0 cm³/mol. The van der Waals surface area contributed by atoms with Gasteiger partial charge in [-0.15, -0.1) is 0 Å². The Bertz CT molecular complexity index is 463. The first kappa shape index (κ1) is 14.8. The minimum absolute atomic E-state index is 0.0325. The number of aromatic nitrogens is 1. The molecule has 5 nitrogen and oxygen atoms in total. The quantitative estimate of drug-likeness (QED) is 0.909. The zero-order valence-electron chi connectivity index (χ0n) is 12.6. The highest BCUT2D eigenvalue weighted by molar-refractivity contribution is 5.93. The van der Waals surface area contributed by atoms with Gasteiger partial charge in [0.1, 0.15) is 5.69 Å². The van der Waals surface area contributed by atoms with E-state index in [0.717, 1.165) is 38.3 Å². The number of hydrogen-bond acceptors (Lipinski definition) is 4. The second-order valence-electron chi connectivity index (χ2n) is 5.44. The van der Waals surface area contributed by atoms with Crippen molar-refractivity contribution in [2.45, 2.75) is 26.3 Å². The second-order valence-corrected chi connectivity index (χ2v) is 5.44. The molecule has 1 aromatic rings. The van der Waals surface area contributed by atoms with Gasteiger partial charge in [0.05, 0.1) is 0 Å². The average Bonchev–Trinajstić information content (AvgIpc) is 2.47. The van der Waals surface area contributed by atoms with Gasteiger partial charge < -0.3 is 15.1 Å². The van der Waals surface area contributed by atoms with Gasteiger partial charge in [0.25, 0.3) is 5.91 Å². The second kappa shape index (κ2) is 6.70. The molecule has 0 aromatic carbocycles. The van der Waals surface area contributed by atoms with Crippen molar-refractivity contribution in [3.8, 4) is 0 Å². The number of likely N-dealkylation sites (N-methyl/N-ethyl adjacent to an activating group) is 1. The molecule has 1 aliphatic heterocycles. The van der Waals surface area contributed by atoms with Crippen LogP contribution in [-0.2, 0) is 0 Å². The molecule has 0 aliphatic carbocycles. The van der Waals surface area contributed by atoms with E-state index in [-0.39, 0.29) is 5.91 Å². The standard InChI is InChI=1S/C15H24N4O/c1-4-6-16-13-5-7-17-14(10-13)15(20)19-9-8-18(3)12(2)11-19/h5,7,10,12H,4,6,8-9,11H2,1-3H3,(H,16,17). The van der Waals surface area contributed by atoms with Crippen LogP contribution in [0.1, 0.15) is 30.8 Å². The molecule has 2 rings (SSSR count). The number of pyridine rings is 1. The molecule has 0 saturated carbocycles. The summed E-state index contributed by atoms with van der Waals surface area (Å²) in [6.45, 7) is 7.62. The van der Waals surface area contributed by atoms with E-state index in [2.05, 4.69) is 36.1 Å². The number of nitrogens with one attached hydrogen (secondary N) is 1. The lowest BCUT2D eigenvalue weighted by atomic mass is 10.2. The molecule has 1 N–H and O–H groups in total. The number of nitrogens with zero attached hydrogens (tertiary/aromatic N) is 3. The molecule has 0 radical (unpaired) electrons. The number of carbonyl (C=O) groups excluding carboxylic acids is 1. The first-order valence-electron chi connectivity index (χ1n) is 7.31. The molecular formula is C15H24N4O. The maximum atomic E-state index is 12.5. The summed E-state index contributed by atoms with van der Waals surface area (Å²) in [4.78, 5) is 20.9. The van der Waals surface area contributed by atoms with E-state index in [1.165, 1.54) is 0 Å². The topological polar surface area (TPSA) is 48.5 Å². The molecule has 1 aromatic heterocycles. The van der Waals surface area contributed by atoms with Crippen molar-refractivity contribution in [3.63, 3.8) is 0 Å². The number of piperazine rings is 1. The third-order valence-electron chi connectivity index (χ3n) is 3.81. The summed E-state index contributed by atoms with van der Waals surface area (Å²) < 4.78 is 0. The van der Waals surface area contributed by atoms with Crippen LogP contribution in [0.2, 0.25) is 0 Å². The van der Waals surface area contributed by atoms with Crippen LogP contribution >= 0.6 is 0 Å². The van der Waals surface area contributed by atoms with Crippen LogP contribution in [-0.4, -0.2) is 60.0 Å². The summed E-state index contributed by atoms with van der Waals surface area (Å²) in [6, 6.07) is 4.15. The molecule has 5 heteroatoms. The Hall–Kier alpha value is -1.62. The molecule has 2 heterocycles. The van der Waals surface area contributed by atoms with Crippen molar-refractivity contribution in [2.24, 2.45) is 0 Å². The smallest absolute Gasteiger partial charge is 0.272 e. The molecular weight excluding hydrogens is 252 g/mol. The lowest BCUT2D eigenvalue weighted by Gasteiger charge is -2.37. The molecule has 1 aliphatic rings. The average molecular weight is 276 g/mol. The van der Waals surface area contributed by atoms with Crippen LogP contribution in [0.5, 0.6) is 0 Å². The zero-order chi connectivity index (χ0) is 14.5. The minimum atomic E-state index is 0.0325. The molecule has 1 unspecified atom stereocenters. The van der Waals surface area contributed by atoms with Crippen LogP contribution in [0.3, 0.4) is 0 Å². The van der Waals surface area contributed by atoms with E-state index in [9.17, 15) is 4.79 Å². The maximum Gasteiger partial charge on any atom is 0.272 e. The van der Waals surface area contributed by atoms with Gasteiger partial charge in [-0.05, 0) is 32.5 Å². The summed E-state index contributed by atoms with van der Waals surface area (Å²) >= 11 is 0. The van der Waals surface area contributed by atoms with Crippen molar-refractivity contribution >= 4 is 11.6 Å². The largest absolute Gasteiger partial charge is 0.385 e. The molecule has 20 heavy (non-hydrogen) atoms. The van der Waals surface area contributed by atoms with Gasteiger partial charge in [0.15, 0.2) is 0 Å². The Morgan fingerprint density at radius 1 is 1.50 bits per heavy atom. The summed E-state index contributed by atoms with van der Waals surface area (Å²) in [5, 5.41) is 3.29. The van der Waals surface area contributed by atoms with Gasteiger partial charge in [-0.1, -0.05) is 6.92 Å². The number of rotatable bonds is 4. The van der Waals surface area contributed by atoms with Gasteiger partial charge in [-0.3, -0.25) is 9.78 Å². The SMILES string of the molecule is CCCNc1ccnc(C(=O)N2CCN(C)C(C)C2)c1. The Morgan fingerprint density at radius 2 is 2.30 bits per heavy atom. The lowest BCUT2D eigenvalue weighted by Crippen LogP contribution is -2.52. The normalized spacial score (nSPS) is 19.9. The Balaban J connectivity index is 2.05. The van der Waals surface area contributed by atoms with Crippen molar-refractivity contribution in [2.75, 3.05) is 38.5 Å². The van der Waals surface area contributed by atoms with Gasteiger partial charge in [-0.25, -0.2) is 0 Å². The van der Waals surface area contributed by atoms with Gasteiger partial charge >= 0.3 is 0 Å². The fourth-order valence-corrected chi connectivity index (χ4v) is 2.32. The van der Waals surface area contributed by atoms with Crippen LogP contribution in [0, 0.1) is 0 Å². The number of hydrogen-bond donors (Lipinski definition) is 1. The third kappa shape index (κ3) is 3.48. The Kier molecular flexibility index (Phi) is 4.95. The molecule has 0 bridgehead atoms. The predicted octanol–water partition coefficient (Wildman–Crippen LogP) is 1.68. The lowest BCUT2D eigenvalue weighted by molar-refractivity contribution is 0.0567. The number of amides is 1. The highest BCUT2D eigenvalue weighted by Gasteiger charge is 2.25. The molecule has 0 spiro atoms. The van der Waals surface area contributed by atoms with E-state index in [1.807, 2.05) is 17.0 Å². The van der Waals surface area contributed by atoms with Gasteiger partial charge in [-0.2, -0.15) is 0 Å². The fraction of sp³-hybridized carbons (Fsp3) is 0.600. The van der Waals surface area contributed by atoms with E-state index >= 15 is 0 Å². The van der Waals surface area contributed by atoms with Crippen LogP contribution in [0.15, 0.2) is 18.3 Å². The Morgan fingerprint density at radius 3 is 3.00 bits per heavy atom. The summed E-state index contributed by atoms with van der Waals surface area (Å²) in [5.74, 6) is 0.0325. The molecule has 1 atom stereocenters. The van der Waals surface area contributed by atoms with Crippen molar-refractivity contribution in [1.82, 2.24) is 14.8 Å². The minimum Gasteiger partial charge on any atom is -0.385 e. The van der Waals surface area contributed by atoms with E-state index < -0.39 is 0 Å². The van der Waals surface area contributed by atoms with Crippen LogP contribution in [0.4, 0.5) is 5.69 Å². The van der Waals surface area contributed by atoms with Gasteiger partial charge in [0.2, 0.25) is 0 Å². The van der Waals surface area contributed by atoms with Crippen molar-refractivity contribution in [3.05, 3.63) is 24.0 Å². The zero-order valence-corrected chi connectivity index (χ0v) is 12.6. The van der Waals surface area contributed by atoms with Crippen molar-refractivity contribution in [1.29, 1.82) is 0 Å². The van der Waals surface area contributed by atoms with Crippen LogP contribution in [0.25, 0.3) is 0 Å². The summed E-state index contributed by atoms with van der Waals surface area (Å²) in [7, 11) is 2.10. The first-order chi connectivity index (χ1) is 9.61. The fourth-order valence-electron chi connectivity index (χ4n) is 2.32. The molecule has 1 saturated heterocycles. The van der Waals surface area contributed by atoms with E-state index in [1.54, 1.807) is 6.20 Å². The monoisotopic (exact) mass is 276 g/mol. The first-order valence-corrected chi connectivity index (χ1v) is 7.31. The highest BCUT2D eigenvalue weighted by atomic mass is 16.2.